The number of aromatic nitrogens is 4. The normalized spacial score (nSPS) is 10.8. The highest BCUT2D eigenvalue weighted by molar-refractivity contribution is 9.10. The highest BCUT2D eigenvalue weighted by Crippen LogP contribution is 2.18. The van der Waals surface area contributed by atoms with Gasteiger partial charge in [0.1, 0.15) is 5.75 Å². The molecule has 3 aromatic rings. The van der Waals surface area contributed by atoms with Crippen molar-refractivity contribution < 1.29 is 9.53 Å². The zero-order chi connectivity index (χ0) is 19.4. The van der Waals surface area contributed by atoms with Crippen molar-refractivity contribution >= 4 is 33.4 Å². The Morgan fingerprint density at radius 3 is 2.74 bits per heavy atom. The zero-order valence-corrected chi connectivity index (χ0v) is 17.3. The molecule has 0 unspecified atom stereocenters. The number of rotatable bonds is 7. The molecule has 0 aliphatic carbocycles. The summed E-state index contributed by atoms with van der Waals surface area (Å²) in [5.41, 5.74) is 1.14. The maximum atomic E-state index is 12.6. The Kier molecular flexibility index (Phi) is 6.18. The van der Waals surface area contributed by atoms with Gasteiger partial charge in [0, 0.05) is 24.3 Å². The maximum Gasteiger partial charge on any atom is 0.274 e. The van der Waals surface area contributed by atoms with E-state index in [-0.39, 0.29) is 12.6 Å². The molecule has 2 aromatic heterocycles. The van der Waals surface area contributed by atoms with E-state index in [4.69, 9.17) is 16.3 Å². The summed E-state index contributed by atoms with van der Waals surface area (Å²) in [5.74, 6) is 0.526. The Hall–Kier alpha value is -2.32. The van der Waals surface area contributed by atoms with E-state index in [0.29, 0.717) is 23.8 Å². The summed E-state index contributed by atoms with van der Waals surface area (Å²) in [4.78, 5) is 14.2. The van der Waals surface area contributed by atoms with Gasteiger partial charge in [-0.25, -0.2) is 4.68 Å². The topological polar surface area (TPSA) is 65.2 Å². The third kappa shape index (κ3) is 4.70. The van der Waals surface area contributed by atoms with Crippen LogP contribution in [0.15, 0.2) is 47.2 Å². The molecule has 7 nitrogen and oxygen atoms in total. The SMILES string of the molecule is CCn1ncc(Cl)c1CN(C)C(=O)c1ccn(COc2ccc(Br)cc2)n1. The largest absolute Gasteiger partial charge is 0.471 e. The van der Waals surface area contributed by atoms with Crippen LogP contribution >= 0.6 is 27.5 Å². The monoisotopic (exact) mass is 451 g/mol. The van der Waals surface area contributed by atoms with Gasteiger partial charge in [-0.15, -0.1) is 0 Å². The average molecular weight is 453 g/mol. The summed E-state index contributed by atoms with van der Waals surface area (Å²) < 4.78 is 9.99. The van der Waals surface area contributed by atoms with Crippen LogP contribution in [-0.4, -0.2) is 37.4 Å². The number of amides is 1. The average Bonchev–Trinajstić information content (AvgIpc) is 3.28. The number of benzene rings is 1. The van der Waals surface area contributed by atoms with Crippen LogP contribution in [0.5, 0.6) is 5.75 Å². The molecule has 0 spiro atoms. The smallest absolute Gasteiger partial charge is 0.274 e. The van der Waals surface area contributed by atoms with E-state index in [1.54, 1.807) is 39.8 Å². The van der Waals surface area contributed by atoms with Gasteiger partial charge in [-0.3, -0.25) is 9.48 Å². The molecule has 3 rings (SSSR count). The number of hydrogen-bond acceptors (Lipinski definition) is 4. The van der Waals surface area contributed by atoms with E-state index < -0.39 is 0 Å². The first kappa shape index (κ1) is 19.4. The third-order valence-electron chi connectivity index (χ3n) is 3.97. The fourth-order valence-electron chi connectivity index (χ4n) is 2.53. The molecule has 0 N–H and O–H groups in total. The standard InChI is InChI=1S/C18H19BrClN5O2/c1-3-25-17(15(20)10-21-25)11-23(2)18(26)16-8-9-24(22-16)12-27-14-6-4-13(19)5-7-14/h4-10H,3,11-12H2,1-2H3. The van der Waals surface area contributed by atoms with Gasteiger partial charge in [0.25, 0.3) is 5.91 Å². The summed E-state index contributed by atoms with van der Waals surface area (Å²) in [6.45, 7) is 3.23. The number of nitrogens with zero attached hydrogens (tertiary/aromatic N) is 5. The molecule has 0 saturated heterocycles. The molecule has 1 amide bonds. The summed E-state index contributed by atoms with van der Waals surface area (Å²) >= 11 is 9.55. The van der Waals surface area contributed by atoms with E-state index in [0.717, 1.165) is 15.9 Å². The minimum absolute atomic E-state index is 0.197. The molecule has 9 heteroatoms. The Bertz CT molecular complexity index is 922. The predicted octanol–water partition coefficient (Wildman–Crippen LogP) is 3.82. The highest BCUT2D eigenvalue weighted by Gasteiger charge is 2.18. The number of carbonyl (C=O) groups excluding carboxylic acids is 1. The first-order chi connectivity index (χ1) is 13.0. The van der Waals surface area contributed by atoms with Crippen LogP contribution in [0.1, 0.15) is 23.1 Å². The summed E-state index contributed by atoms with van der Waals surface area (Å²) in [6, 6.07) is 9.17. The van der Waals surface area contributed by atoms with Crippen molar-refractivity contribution in [2.45, 2.75) is 26.7 Å². The van der Waals surface area contributed by atoms with Crippen LogP contribution in [0.3, 0.4) is 0 Å². The second-order valence-electron chi connectivity index (χ2n) is 5.88. The van der Waals surface area contributed by atoms with E-state index in [9.17, 15) is 4.79 Å². The van der Waals surface area contributed by atoms with Gasteiger partial charge in [-0.1, -0.05) is 27.5 Å². The Labute approximate surface area is 170 Å². The molecular weight excluding hydrogens is 434 g/mol. The molecule has 1 aromatic carbocycles. The number of ether oxygens (including phenoxy) is 1. The maximum absolute atomic E-state index is 12.6. The van der Waals surface area contributed by atoms with Crippen molar-refractivity contribution in [2.75, 3.05) is 7.05 Å². The number of carbonyl (C=O) groups is 1. The van der Waals surface area contributed by atoms with Crippen LogP contribution in [0.2, 0.25) is 5.02 Å². The van der Waals surface area contributed by atoms with Crippen molar-refractivity contribution in [3.8, 4) is 5.75 Å². The van der Waals surface area contributed by atoms with Gasteiger partial charge in [0.15, 0.2) is 12.4 Å². The lowest BCUT2D eigenvalue weighted by Gasteiger charge is -2.17. The van der Waals surface area contributed by atoms with E-state index in [1.165, 1.54) is 0 Å². The quantitative estimate of drug-likeness (QED) is 0.546. The van der Waals surface area contributed by atoms with Crippen molar-refractivity contribution in [1.82, 2.24) is 24.5 Å². The van der Waals surface area contributed by atoms with Gasteiger partial charge in [0.2, 0.25) is 0 Å². The van der Waals surface area contributed by atoms with Crippen molar-refractivity contribution in [3.63, 3.8) is 0 Å². The molecule has 0 bridgehead atoms. The fourth-order valence-corrected chi connectivity index (χ4v) is 2.99. The van der Waals surface area contributed by atoms with Gasteiger partial charge < -0.3 is 9.64 Å². The van der Waals surface area contributed by atoms with Crippen molar-refractivity contribution in [3.05, 3.63) is 63.6 Å². The molecule has 0 radical (unpaired) electrons. The Morgan fingerprint density at radius 2 is 2.04 bits per heavy atom. The van der Waals surface area contributed by atoms with Crippen molar-refractivity contribution in [1.29, 1.82) is 0 Å². The molecule has 2 heterocycles. The molecule has 0 aliphatic rings. The Morgan fingerprint density at radius 1 is 1.30 bits per heavy atom. The lowest BCUT2D eigenvalue weighted by molar-refractivity contribution is 0.0773. The minimum atomic E-state index is -0.197. The first-order valence-corrected chi connectivity index (χ1v) is 9.52. The fraction of sp³-hybridized carbons (Fsp3) is 0.278. The molecular formula is C18H19BrClN5O2. The molecule has 27 heavy (non-hydrogen) atoms. The Balaban J connectivity index is 1.62. The number of halogens is 2. The second kappa shape index (κ2) is 8.58. The number of hydrogen-bond donors (Lipinski definition) is 0. The van der Waals surface area contributed by atoms with Crippen LogP contribution in [-0.2, 0) is 19.8 Å². The van der Waals surface area contributed by atoms with Gasteiger partial charge >= 0.3 is 0 Å². The van der Waals surface area contributed by atoms with Gasteiger partial charge in [0.05, 0.1) is 23.5 Å². The lowest BCUT2D eigenvalue weighted by atomic mass is 10.3. The van der Waals surface area contributed by atoms with Crippen LogP contribution in [0.25, 0.3) is 0 Å². The summed E-state index contributed by atoms with van der Waals surface area (Å²) in [6.07, 6.45) is 3.30. The van der Waals surface area contributed by atoms with E-state index >= 15 is 0 Å². The molecule has 0 fully saturated rings. The van der Waals surface area contributed by atoms with Crippen LogP contribution in [0.4, 0.5) is 0 Å². The number of aryl methyl sites for hydroxylation is 1. The second-order valence-corrected chi connectivity index (χ2v) is 7.21. The van der Waals surface area contributed by atoms with Gasteiger partial charge in [-0.2, -0.15) is 10.2 Å². The summed E-state index contributed by atoms with van der Waals surface area (Å²) in [7, 11) is 1.71. The highest BCUT2D eigenvalue weighted by atomic mass is 79.9. The molecule has 142 valence electrons. The molecule has 0 atom stereocenters. The van der Waals surface area contributed by atoms with Crippen LogP contribution in [0, 0.1) is 0 Å². The molecule has 0 saturated carbocycles. The predicted molar refractivity (Wildman–Crippen MR) is 106 cm³/mol. The van der Waals surface area contributed by atoms with Crippen molar-refractivity contribution in [2.24, 2.45) is 0 Å². The summed E-state index contributed by atoms with van der Waals surface area (Å²) in [5, 5.41) is 9.03. The zero-order valence-electron chi connectivity index (χ0n) is 15.0. The van der Waals surface area contributed by atoms with Gasteiger partial charge in [-0.05, 0) is 37.3 Å². The first-order valence-electron chi connectivity index (χ1n) is 8.35. The minimum Gasteiger partial charge on any atom is -0.471 e. The van der Waals surface area contributed by atoms with E-state index in [1.807, 2.05) is 31.2 Å². The molecule has 0 aliphatic heterocycles. The van der Waals surface area contributed by atoms with E-state index in [2.05, 4.69) is 26.1 Å². The van der Waals surface area contributed by atoms with Crippen LogP contribution < -0.4 is 4.74 Å². The lowest BCUT2D eigenvalue weighted by Crippen LogP contribution is -2.28. The third-order valence-corrected chi connectivity index (χ3v) is 4.81.